The fourth-order valence-electron chi connectivity index (χ4n) is 2.04. The Bertz CT molecular complexity index is 810. The molecule has 0 radical (unpaired) electrons. The lowest BCUT2D eigenvalue weighted by molar-refractivity contribution is -0.139. The van der Waals surface area contributed by atoms with E-state index in [0.29, 0.717) is 21.6 Å². The second-order valence-electron chi connectivity index (χ2n) is 5.34. The third kappa shape index (κ3) is 6.99. The molecule has 1 aromatic carbocycles. The lowest BCUT2D eigenvalue weighted by Crippen LogP contribution is -2.28. The van der Waals surface area contributed by atoms with Gasteiger partial charge in [-0.05, 0) is 25.5 Å². The van der Waals surface area contributed by atoms with Gasteiger partial charge in [-0.3, -0.25) is 14.4 Å². The first-order valence-electron chi connectivity index (χ1n) is 8.25. The van der Waals surface area contributed by atoms with Crippen LogP contribution in [0.2, 0.25) is 0 Å². The molecule has 2 N–H and O–H groups in total. The molecule has 2 amide bonds. The molecule has 0 aliphatic carbocycles. The van der Waals surface area contributed by atoms with Crippen LogP contribution >= 0.6 is 23.1 Å². The fraction of sp³-hybridized carbons (Fsp3) is 0.353. The molecule has 0 saturated carbocycles. The fourth-order valence-corrected chi connectivity index (χ4v) is 3.60. The molecule has 0 aliphatic heterocycles. The number of rotatable bonds is 9. The number of aromatic nitrogens is 2. The van der Waals surface area contributed by atoms with Crippen molar-refractivity contribution in [3.63, 3.8) is 0 Å². The zero-order valence-electron chi connectivity index (χ0n) is 15.0. The average Bonchev–Trinajstić information content (AvgIpc) is 3.08. The summed E-state index contributed by atoms with van der Waals surface area (Å²) in [5.74, 6) is -0.679. The molecule has 1 aromatic heterocycles. The van der Waals surface area contributed by atoms with E-state index in [2.05, 4.69) is 20.8 Å². The molecule has 0 bridgehead atoms. The van der Waals surface area contributed by atoms with Crippen molar-refractivity contribution in [1.82, 2.24) is 15.5 Å². The van der Waals surface area contributed by atoms with E-state index in [-0.39, 0.29) is 36.5 Å². The van der Waals surface area contributed by atoms with E-state index in [0.717, 1.165) is 5.56 Å². The number of hydrogen-bond acceptors (Lipinski definition) is 8. The Morgan fingerprint density at radius 1 is 1.22 bits per heavy atom. The Hall–Kier alpha value is -2.46. The molecule has 8 nitrogen and oxygen atoms in total. The van der Waals surface area contributed by atoms with Gasteiger partial charge in [0.25, 0.3) is 5.91 Å². The van der Waals surface area contributed by atoms with Crippen LogP contribution in [-0.4, -0.2) is 46.9 Å². The highest BCUT2D eigenvalue weighted by Gasteiger charge is 2.12. The van der Waals surface area contributed by atoms with E-state index in [4.69, 9.17) is 4.74 Å². The van der Waals surface area contributed by atoms with Crippen molar-refractivity contribution in [2.75, 3.05) is 24.2 Å². The first-order chi connectivity index (χ1) is 13.0. The standard InChI is InChI=1S/C17H20N4O4S2/c1-3-25-14(23)10-26-17-21-20-16(27-17)19-13(22)8-9-18-15(24)12-7-5-4-6-11(12)2/h4-7H,3,8-10H2,1-2H3,(H,18,24)(H,19,20,22). The SMILES string of the molecule is CCOC(=O)CSc1nnc(NC(=O)CCNC(=O)c2ccccc2C)s1. The van der Waals surface area contributed by atoms with Crippen molar-refractivity contribution in [1.29, 1.82) is 0 Å². The predicted octanol–water partition coefficient (Wildman–Crippen LogP) is 2.26. The van der Waals surface area contributed by atoms with Gasteiger partial charge in [-0.25, -0.2) is 0 Å². The summed E-state index contributed by atoms with van der Waals surface area (Å²) in [6.07, 6.45) is 0.114. The third-order valence-corrected chi connectivity index (χ3v) is 5.24. The number of esters is 1. The molecule has 0 aliphatic rings. The Labute approximate surface area is 165 Å². The van der Waals surface area contributed by atoms with Crippen LogP contribution in [0.4, 0.5) is 5.13 Å². The van der Waals surface area contributed by atoms with Crippen molar-refractivity contribution in [3.8, 4) is 0 Å². The second-order valence-corrected chi connectivity index (χ2v) is 7.54. The maximum atomic E-state index is 12.1. The molecular formula is C17H20N4O4S2. The van der Waals surface area contributed by atoms with Crippen LogP contribution in [0.1, 0.15) is 29.3 Å². The highest BCUT2D eigenvalue weighted by Crippen LogP contribution is 2.25. The molecule has 0 saturated heterocycles. The van der Waals surface area contributed by atoms with E-state index in [1.807, 2.05) is 19.1 Å². The predicted molar refractivity (Wildman–Crippen MR) is 104 cm³/mol. The number of ether oxygens (including phenoxy) is 1. The summed E-state index contributed by atoms with van der Waals surface area (Å²) >= 11 is 2.37. The number of nitrogens with one attached hydrogen (secondary N) is 2. The van der Waals surface area contributed by atoms with E-state index < -0.39 is 0 Å². The number of carbonyl (C=O) groups excluding carboxylic acids is 3. The molecular weight excluding hydrogens is 388 g/mol. The molecule has 144 valence electrons. The van der Waals surface area contributed by atoms with Crippen LogP contribution in [0, 0.1) is 6.92 Å². The van der Waals surface area contributed by atoms with E-state index in [1.54, 1.807) is 19.1 Å². The zero-order valence-corrected chi connectivity index (χ0v) is 16.6. The van der Waals surface area contributed by atoms with Gasteiger partial charge in [0.15, 0.2) is 4.34 Å². The van der Waals surface area contributed by atoms with Gasteiger partial charge in [-0.15, -0.1) is 10.2 Å². The number of aryl methyl sites for hydroxylation is 1. The maximum Gasteiger partial charge on any atom is 0.316 e. The summed E-state index contributed by atoms with van der Waals surface area (Å²) in [5, 5.41) is 13.4. The van der Waals surface area contributed by atoms with Crippen LogP contribution in [0.5, 0.6) is 0 Å². The summed E-state index contributed by atoms with van der Waals surface area (Å²) < 4.78 is 5.39. The lowest BCUT2D eigenvalue weighted by Gasteiger charge is -2.07. The van der Waals surface area contributed by atoms with E-state index >= 15 is 0 Å². The van der Waals surface area contributed by atoms with Gasteiger partial charge in [0.2, 0.25) is 11.0 Å². The number of nitrogens with zero attached hydrogens (tertiary/aromatic N) is 2. The van der Waals surface area contributed by atoms with E-state index in [1.165, 1.54) is 23.1 Å². The smallest absolute Gasteiger partial charge is 0.316 e. The Balaban J connectivity index is 1.72. The van der Waals surface area contributed by atoms with Crippen LogP contribution in [0.3, 0.4) is 0 Å². The quantitative estimate of drug-likeness (QED) is 0.372. The molecule has 27 heavy (non-hydrogen) atoms. The first-order valence-corrected chi connectivity index (χ1v) is 10.1. The molecule has 0 atom stereocenters. The van der Waals surface area contributed by atoms with Crippen LogP contribution in [-0.2, 0) is 14.3 Å². The number of carbonyl (C=O) groups is 3. The van der Waals surface area contributed by atoms with Gasteiger partial charge < -0.3 is 15.4 Å². The summed E-state index contributed by atoms with van der Waals surface area (Å²) in [6, 6.07) is 7.25. The maximum absolute atomic E-state index is 12.1. The van der Waals surface area contributed by atoms with Gasteiger partial charge in [-0.2, -0.15) is 0 Å². The lowest BCUT2D eigenvalue weighted by atomic mass is 10.1. The average molecular weight is 409 g/mol. The molecule has 10 heteroatoms. The number of anilines is 1. The molecule has 2 rings (SSSR count). The molecule has 0 unspecified atom stereocenters. The number of hydrogen-bond donors (Lipinski definition) is 2. The summed E-state index contributed by atoms with van der Waals surface area (Å²) in [5.41, 5.74) is 1.46. The van der Waals surface area contributed by atoms with Gasteiger partial charge in [0.05, 0.1) is 12.4 Å². The van der Waals surface area contributed by atoms with Gasteiger partial charge in [0, 0.05) is 18.5 Å². The summed E-state index contributed by atoms with van der Waals surface area (Å²) in [4.78, 5) is 35.3. The number of thioether (sulfide) groups is 1. The minimum Gasteiger partial charge on any atom is -0.465 e. The minimum absolute atomic E-state index is 0.114. The van der Waals surface area contributed by atoms with Crippen LogP contribution < -0.4 is 10.6 Å². The number of benzene rings is 1. The Kier molecular flexibility index (Phi) is 8.21. The molecule has 1 heterocycles. The summed E-state index contributed by atoms with van der Waals surface area (Å²) in [6.45, 7) is 4.14. The van der Waals surface area contributed by atoms with Crippen molar-refractivity contribution < 1.29 is 19.1 Å². The highest BCUT2D eigenvalue weighted by atomic mass is 32.2. The number of amides is 2. The zero-order chi connectivity index (χ0) is 19.6. The molecule has 0 spiro atoms. The van der Waals surface area contributed by atoms with Crippen molar-refractivity contribution in [3.05, 3.63) is 35.4 Å². The first kappa shape index (κ1) is 20.8. The third-order valence-electron chi connectivity index (χ3n) is 3.30. The Morgan fingerprint density at radius 3 is 2.74 bits per heavy atom. The van der Waals surface area contributed by atoms with Crippen molar-refractivity contribution >= 4 is 46.0 Å². The highest BCUT2D eigenvalue weighted by molar-refractivity contribution is 8.01. The monoisotopic (exact) mass is 408 g/mol. The minimum atomic E-state index is -0.326. The summed E-state index contributed by atoms with van der Waals surface area (Å²) in [7, 11) is 0. The Morgan fingerprint density at radius 2 is 2.00 bits per heavy atom. The van der Waals surface area contributed by atoms with Crippen molar-refractivity contribution in [2.45, 2.75) is 24.6 Å². The van der Waals surface area contributed by atoms with E-state index in [9.17, 15) is 14.4 Å². The topological polar surface area (TPSA) is 110 Å². The normalized spacial score (nSPS) is 10.3. The van der Waals surface area contributed by atoms with Gasteiger partial charge in [-0.1, -0.05) is 41.3 Å². The van der Waals surface area contributed by atoms with Gasteiger partial charge >= 0.3 is 5.97 Å². The largest absolute Gasteiger partial charge is 0.465 e. The van der Waals surface area contributed by atoms with Crippen molar-refractivity contribution in [2.24, 2.45) is 0 Å². The van der Waals surface area contributed by atoms with Crippen LogP contribution in [0.15, 0.2) is 28.6 Å². The molecule has 0 fully saturated rings. The second kappa shape index (κ2) is 10.6. The van der Waals surface area contributed by atoms with Crippen LogP contribution in [0.25, 0.3) is 0 Å². The van der Waals surface area contributed by atoms with Gasteiger partial charge in [0.1, 0.15) is 0 Å². The molecule has 2 aromatic rings.